The first-order valence-electron chi connectivity index (χ1n) is 6.90. The zero-order chi connectivity index (χ0) is 15.4. The van der Waals surface area contributed by atoms with Crippen molar-refractivity contribution in [3.63, 3.8) is 0 Å². The first-order valence-corrected chi connectivity index (χ1v) is 6.90. The van der Waals surface area contributed by atoms with Crippen LogP contribution in [0.3, 0.4) is 0 Å². The Balaban J connectivity index is 2.46. The summed E-state index contributed by atoms with van der Waals surface area (Å²) in [5, 5.41) is 0. The van der Waals surface area contributed by atoms with Crippen LogP contribution in [0.4, 0.5) is 17.1 Å². The van der Waals surface area contributed by atoms with Crippen LogP contribution >= 0.6 is 0 Å². The maximum Gasteiger partial charge on any atom is 0.340 e. The van der Waals surface area contributed by atoms with E-state index in [1.807, 2.05) is 43.1 Å². The fraction of sp³-hybridized carbons (Fsp3) is 0.235. The summed E-state index contributed by atoms with van der Waals surface area (Å²) in [6.07, 6.45) is 0. The number of carbonyl (C=O) groups is 1. The number of nitrogens with two attached hydrogens (primary N) is 1. The van der Waals surface area contributed by atoms with Gasteiger partial charge < -0.3 is 15.4 Å². The van der Waals surface area contributed by atoms with E-state index in [0.29, 0.717) is 23.5 Å². The molecule has 2 aromatic carbocycles. The molecule has 0 saturated heterocycles. The summed E-state index contributed by atoms with van der Waals surface area (Å²) < 4.78 is 5.11. The van der Waals surface area contributed by atoms with E-state index in [4.69, 9.17) is 10.5 Å². The minimum Gasteiger partial charge on any atom is -0.462 e. The minimum absolute atomic E-state index is 0.335. The number of rotatable bonds is 4. The van der Waals surface area contributed by atoms with Crippen molar-refractivity contribution in [2.45, 2.75) is 13.8 Å². The SMILES string of the molecule is CCOC(=O)c1cccc(N)c1N(C)c1ccc(C)cc1. The number of anilines is 3. The molecule has 0 heterocycles. The lowest BCUT2D eigenvalue weighted by Crippen LogP contribution is -2.17. The molecule has 0 radical (unpaired) electrons. The quantitative estimate of drug-likeness (QED) is 0.689. The number of para-hydroxylation sites is 1. The Morgan fingerprint density at radius 1 is 1.19 bits per heavy atom. The zero-order valence-corrected chi connectivity index (χ0v) is 12.6. The number of nitrogen functional groups attached to an aromatic ring is 1. The van der Waals surface area contributed by atoms with Crippen LogP contribution in [0.25, 0.3) is 0 Å². The van der Waals surface area contributed by atoms with E-state index in [0.717, 1.165) is 5.69 Å². The lowest BCUT2D eigenvalue weighted by atomic mass is 10.1. The lowest BCUT2D eigenvalue weighted by Gasteiger charge is -2.23. The van der Waals surface area contributed by atoms with Crippen molar-refractivity contribution in [2.24, 2.45) is 0 Å². The molecule has 2 aromatic rings. The van der Waals surface area contributed by atoms with Crippen LogP contribution in [0.15, 0.2) is 42.5 Å². The van der Waals surface area contributed by atoms with E-state index in [2.05, 4.69) is 0 Å². The number of nitrogens with zero attached hydrogens (tertiary/aromatic N) is 1. The van der Waals surface area contributed by atoms with Crippen molar-refractivity contribution in [2.75, 3.05) is 24.3 Å². The van der Waals surface area contributed by atoms with Gasteiger partial charge in [-0.3, -0.25) is 0 Å². The molecule has 0 bridgehead atoms. The van der Waals surface area contributed by atoms with Crippen LogP contribution in [0.2, 0.25) is 0 Å². The summed E-state index contributed by atoms with van der Waals surface area (Å²) in [6.45, 7) is 4.15. The monoisotopic (exact) mass is 284 g/mol. The van der Waals surface area contributed by atoms with Crippen LogP contribution in [-0.2, 0) is 4.74 Å². The third-order valence-corrected chi connectivity index (χ3v) is 3.32. The van der Waals surface area contributed by atoms with Crippen molar-refractivity contribution in [3.05, 3.63) is 53.6 Å². The Hall–Kier alpha value is -2.49. The highest BCUT2D eigenvalue weighted by Gasteiger charge is 2.18. The first-order chi connectivity index (χ1) is 10.0. The molecule has 0 spiro atoms. The molecular formula is C17H20N2O2. The highest BCUT2D eigenvalue weighted by atomic mass is 16.5. The summed E-state index contributed by atoms with van der Waals surface area (Å²) in [6, 6.07) is 13.3. The summed E-state index contributed by atoms with van der Waals surface area (Å²) in [5.74, 6) is -0.362. The van der Waals surface area contributed by atoms with Gasteiger partial charge in [-0.1, -0.05) is 23.8 Å². The first kappa shape index (κ1) is 14.9. The second-order valence-corrected chi connectivity index (χ2v) is 4.86. The van der Waals surface area contributed by atoms with E-state index in [-0.39, 0.29) is 5.97 Å². The molecule has 21 heavy (non-hydrogen) atoms. The van der Waals surface area contributed by atoms with Crippen LogP contribution in [0.1, 0.15) is 22.8 Å². The molecule has 0 aromatic heterocycles. The van der Waals surface area contributed by atoms with Gasteiger partial charge in [-0.15, -0.1) is 0 Å². The van der Waals surface area contributed by atoms with Crippen molar-refractivity contribution >= 4 is 23.0 Å². The number of aryl methyl sites for hydroxylation is 1. The van der Waals surface area contributed by atoms with Crippen molar-refractivity contribution in [3.8, 4) is 0 Å². The molecule has 0 aliphatic heterocycles. The zero-order valence-electron chi connectivity index (χ0n) is 12.6. The maximum absolute atomic E-state index is 12.1. The van der Waals surface area contributed by atoms with Gasteiger partial charge in [0, 0.05) is 12.7 Å². The predicted octanol–water partition coefficient (Wildman–Crippen LogP) is 3.52. The third kappa shape index (κ3) is 3.16. The fourth-order valence-corrected chi connectivity index (χ4v) is 2.21. The highest BCUT2D eigenvalue weighted by Crippen LogP contribution is 2.33. The van der Waals surface area contributed by atoms with Crippen LogP contribution in [0.5, 0.6) is 0 Å². The normalized spacial score (nSPS) is 10.2. The second-order valence-electron chi connectivity index (χ2n) is 4.86. The number of hydrogen-bond donors (Lipinski definition) is 1. The molecule has 2 rings (SSSR count). The molecule has 4 heteroatoms. The largest absolute Gasteiger partial charge is 0.462 e. The van der Waals surface area contributed by atoms with Crippen molar-refractivity contribution in [1.29, 1.82) is 0 Å². The van der Waals surface area contributed by atoms with Crippen LogP contribution < -0.4 is 10.6 Å². The van der Waals surface area contributed by atoms with E-state index >= 15 is 0 Å². The van der Waals surface area contributed by atoms with Crippen molar-refractivity contribution < 1.29 is 9.53 Å². The van der Waals surface area contributed by atoms with Crippen molar-refractivity contribution in [1.82, 2.24) is 0 Å². The number of benzene rings is 2. The second kappa shape index (κ2) is 6.31. The molecule has 0 aliphatic carbocycles. The Morgan fingerprint density at radius 3 is 2.48 bits per heavy atom. The lowest BCUT2D eigenvalue weighted by molar-refractivity contribution is 0.0527. The predicted molar refractivity (Wildman–Crippen MR) is 86.1 cm³/mol. The van der Waals surface area contributed by atoms with E-state index in [9.17, 15) is 4.79 Å². The molecule has 2 N–H and O–H groups in total. The minimum atomic E-state index is -0.362. The Labute approximate surface area is 125 Å². The van der Waals surface area contributed by atoms with E-state index in [1.165, 1.54) is 5.56 Å². The molecule has 110 valence electrons. The standard InChI is InChI=1S/C17H20N2O2/c1-4-21-17(20)14-6-5-7-15(18)16(14)19(3)13-10-8-12(2)9-11-13/h5-11H,4,18H2,1-3H3. The van der Waals surface area contributed by atoms with Gasteiger partial charge in [-0.2, -0.15) is 0 Å². The highest BCUT2D eigenvalue weighted by molar-refractivity contribution is 6.00. The Kier molecular flexibility index (Phi) is 4.48. The molecule has 0 aliphatic rings. The molecular weight excluding hydrogens is 264 g/mol. The van der Waals surface area contributed by atoms with Crippen LogP contribution in [0, 0.1) is 6.92 Å². The van der Waals surface area contributed by atoms with E-state index < -0.39 is 0 Å². The number of esters is 1. The Bertz CT molecular complexity index is 636. The van der Waals surface area contributed by atoms with Gasteiger partial charge >= 0.3 is 5.97 Å². The summed E-state index contributed by atoms with van der Waals surface area (Å²) in [4.78, 5) is 14.0. The molecule has 0 unspecified atom stereocenters. The summed E-state index contributed by atoms with van der Waals surface area (Å²) >= 11 is 0. The van der Waals surface area contributed by atoms with Crippen LogP contribution in [-0.4, -0.2) is 19.6 Å². The molecule has 0 amide bonds. The average Bonchev–Trinajstić information content (AvgIpc) is 2.47. The molecule has 4 nitrogen and oxygen atoms in total. The number of hydrogen-bond acceptors (Lipinski definition) is 4. The van der Waals surface area contributed by atoms with E-state index in [1.54, 1.807) is 25.1 Å². The van der Waals surface area contributed by atoms with Gasteiger partial charge in [-0.05, 0) is 38.1 Å². The van der Waals surface area contributed by atoms with Gasteiger partial charge in [0.25, 0.3) is 0 Å². The maximum atomic E-state index is 12.1. The summed E-state index contributed by atoms with van der Waals surface area (Å²) in [7, 11) is 1.89. The summed E-state index contributed by atoms with van der Waals surface area (Å²) in [5.41, 5.74) is 9.90. The number of carbonyl (C=O) groups excluding carboxylic acids is 1. The van der Waals surface area contributed by atoms with Gasteiger partial charge in [0.2, 0.25) is 0 Å². The average molecular weight is 284 g/mol. The van der Waals surface area contributed by atoms with Gasteiger partial charge in [0.1, 0.15) is 0 Å². The molecule has 0 atom stereocenters. The number of ether oxygens (including phenoxy) is 1. The molecule has 0 fully saturated rings. The van der Waals surface area contributed by atoms with Gasteiger partial charge in [0.15, 0.2) is 0 Å². The smallest absolute Gasteiger partial charge is 0.340 e. The van der Waals surface area contributed by atoms with Gasteiger partial charge in [0.05, 0.1) is 23.5 Å². The molecule has 0 saturated carbocycles. The fourth-order valence-electron chi connectivity index (χ4n) is 2.21. The topological polar surface area (TPSA) is 55.6 Å². The van der Waals surface area contributed by atoms with Gasteiger partial charge in [-0.25, -0.2) is 4.79 Å². The third-order valence-electron chi connectivity index (χ3n) is 3.32. The Morgan fingerprint density at radius 2 is 1.86 bits per heavy atom.